The first-order valence-electron chi connectivity index (χ1n) is 5.75. The Morgan fingerprint density at radius 3 is 2.57 bits per heavy atom. The molecule has 0 radical (unpaired) electrons. The quantitative estimate of drug-likeness (QED) is 0.438. The molecule has 0 spiro atoms. The molecule has 0 aliphatic carbocycles. The lowest BCUT2D eigenvalue weighted by Crippen LogP contribution is -2.36. The number of esters is 1. The summed E-state index contributed by atoms with van der Waals surface area (Å²) in [5.41, 5.74) is -0.890. The number of hydrogen-bond donors (Lipinski definition) is 0. The number of sulfonamides is 1. The van der Waals surface area contributed by atoms with E-state index in [2.05, 4.69) is 4.74 Å². The van der Waals surface area contributed by atoms with Crippen LogP contribution in [0, 0.1) is 15.9 Å². The third-order valence-electron chi connectivity index (χ3n) is 2.62. The van der Waals surface area contributed by atoms with E-state index in [1.54, 1.807) is 0 Å². The largest absolute Gasteiger partial charge is 0.468 e. The van der Waals surface area contributed by atoms with Gasteiger partial charge in [-0.3, -0.25) is 14.9 Å². The Balaban J connectivity index is 3.35. The van der Waals surface area contributed by atoms with Crippen LogP contribution < -0.4 is 0 Å². The molecular weight excluding hydrogens is 307 g/mol. The number of carbonyl (C=O) groups excluding carboxylic acids is 1. The van der Waals surface area contributed by atoms with Crippen molar-refractivity contribution < 1.29 is 27.3 Å². The van der Waals surface area contributed by atoms with Crippen LogP contribution in [0.2, 0.25) is 0 Å². The molecule has 0 saturated carbocycles. The van der Waals surface area contributed by atoms with Gasteiger partial charge in [0.1, 0.15) is 12.4 Å². The van der Waals surface area contributed by atoms with Crippen molar-refractivity contribution in [2.75, 3.05) is 20.2 Å². The molecule has 0 bridgehead atoms. The number of carbonyl (C=O) groups is 1. The number of ether oxygens (including phenoxy) is 1. The van der Waals surface area contributed by atoms with Crippen molar-refractivity contribution in [3.8, 4) is 0 Å². The van der Waals surface area contributed by atoms with Gasteiger partial charge in [-0.25, -0.2) is 12.8 Å². The number of benzene rings is 1. The Hall–Kier alpha value is -2.07. The maximum atomic E-state index is 13.1. The lowest BCUT2D eigenvalue weighted by atomic mass is 10.3. The molecule has 0 atom stereocenters. The number of rotatable bonds is 6. The van der Waals surface area contributed by atoms with E-state index in [1.165, 1.54) is 6.92 Å². The summed E-state index contributed by atoms with van der Waals surface area (Å²) in [4.78, 5) is 20.4. The summed E-state index contributed by atoms with van der Waals surface area (Å²) < 4.78 is 42.8. The lowest BCUT2D eigenvalue weighted by Gasteiger charge is -2.18. The summed E-state index contributed by atoms with van der Waals surface area (Å²) in [5, 5.41) is 10.9. The van der Waals surface area contributed by atoms with Gasteiger partial charge in [-0.05, 0) is 12.1 Å². The third kappa shape index (κ3) is 3.73. The molecule has 21 heavy (non-hydrogen) atoms. The number of nitro benzene ring substituents is 1. The molecule has 0 heterocycles. The minimum Gasteiger partial charge on any atom is -0.468 e. The smallest absolute Gasteiger partial charge is 0.321 e. The summed E-state index contributed by atoms with van der Waals surface area (Å²) >= 11 is 0. The van der Waals surface area contributed by atoms with Gasteiger partial charge in [-0.1, -0.05) is 6.92 Å². The first-order chi connectivity index (χ1) is 9.73. The van der Waals surface area contributed by atoms with Crippen molar-refractivity contribution in [3.05, 3.63) is 34.1 Å². The predicted molar refractivity (Wildman–Crippen MR) is 69.5 cm³/mol. The average molecular weight is 320 g/mol. The van der Waals surface area contributed by atoms with Crippen molar-refractivity contribution in [1.29, 1.82) is 0 Å². The van der Waals surface area contributed by atoms with Gasteiger partial charge >= 0.3 is 5.97 Å². The molecule has 0 saturated heterocycles. The Labute approximate surface area is 120 Å². The topological polar surface area (TPSA) is 107 Å². The number of nitro groups is 1. The zero-order valence-corrected chi connectivity index (χ0v) is 12.1. The van der Waals surface area contributed by atoms with Crippen molar-refractivity contribution in [1.82, 2.24) is 4.31 Å². The molecule has 0 N–H and O–H groups in total. The Morgan fingerprint density at radius 2 is 2.10 bits per heavy atom. The summed E-state index contributed by atoms with van der Waals surface area (Å²) in [6.45, 7) is 0.756. The van der Waals surface area contributed by atoms with E-state index in [4.69, 9.17) is 0 Å². The van der Waals surface area contributed by atoms with Crippen LogP contribution in [-0.2, 0) is 19.6 Å². The van der Waals surface area contributed by atoms with Gasteiger partial charge in [-0.15, -0.1) is 0 Å². The molecule has 0 aliphatic heterocycles. The van der Waals surface area contributed by atoms with E-state index in [1.807, 2.05) is 0 Å². The van der Waals surface area contributed by atoms with Crippen LogP contribution in [0.15, 0.2) is 23.1 Å². The van der Waals surface area contributed by atoms with Crippen LogP contribution in [0.5, 0.6) is 0 Å². The van der Waals surface area contributed by atoms with Gasteiger partial charge in [0.2, 0.25) is 10.0 Å². The maximum Gasteiger partial charge on any atom is 0.321 e. The molecular formula is C11H13FN2O6S. The van der Waals surface area contributed by atoms with Gasteiger partial charge in [-0.2, -0.15) is 4.31 Å². The van der Waals surface area contributed by atoms with Crippen LogP contribution in [0.3, 0.4) is 0 Å². The highest BCUT2D eigenvalue weighted by Gasteiger charge is 2.32. The van der Waals surface area contributed by atoms with Crippen LogP contribution in [0.1, 0.15) is 6.92 Å². The fourth-order valence-electron chi connectivity index (χ4n) is 1.57. The number of likely N-dealkylation sites (N-methyl/N-ethyl adjacent to an activating group) is 1. The standard InChI is InChI=1S/C11H13FN2O6S/c1-3-13(7-11(15)20-2)21(18,19)10-5-4-8(12)6-9(10)14(16)17/h4-6H,3,7H2,1-2H3. The first-order valence-corrected chi connectivity index (χ1v) is 7.19. The second-order valence-corrected chi connectivity index (χ2v) is 5.78. The molecule has 116 valence electrons. The first kappa shape index (κ1) is 17.0. The monoisotopic (exact) mass is 320 g/mol. The highest BCUT2D eigenvalue weighted by Crippen LogP contribution is 2.27. The Morgan fingerprint density at radius 1 is 1.48 bits per heavy atom. The van der Waals surface area contributed by atoms with E-state index in [0.29, 0.717) is 10.4 Å². The van der Waals surface area contributed by atoms with Crippen molar-refractivity contribution in [2.24, 2.45) is 0 Å². The van der Waals surface area contributed by atoms with E-state index in [9.17, 15) is 27.7 Å². The fourth-order valence-corrected chi connectivity index (χ4v) is 3.10. The number of methoxy groups -OCH3 is 1. The fraction of sp³-hybridized carbons (Fsp3) is 0.364. The lowest BCUT2D eigenvalue weighted by molar-refractivity contribution is -0.388. The molecule has 0 amide bonds. The molecule has 0 unspecified atom stereocenters. The predicted octanol–water partition coefficient (Wildman–Crippen LogP) is 0.918. The van der Waals surface area contributed by atoms with Gasteiger partial charge in [0.05, 0.1) is 18.1 Å². The molecule has 1 aromatic rings. The summed E-state index contributed by atoms with van der Waals surface area (Å²) in [6, 6.07) is 2.10. The zero-order valence-electron chi connectivity index (χ0n) is 11.3. The van der Waals surface area contributed by atoms with E-state index in [-0.39, 0.29) is 6.54 Å². The SMILES string of the molecule is CCN(CC(=O)OC)S(=O)(=O)c1ccc(F)cc1[N+](=O)[O-]. The second-order valence-electron chi connectivity index (χ2n) is 3.88. The number of hydrogen-bond acceptors (Lipinski definition) is 6. The average Bonchev–Trinajstić information content (AvgIpc) is 2.43. The molecule has 10 heteroatoms. The maximum absolute atomic E-state index is 13.1. The van der Waals surface area contributed by atoms with Gasteiger partial charge in [0.25, 0.3) is 5.69 Å². The molecule has 0 aromatic heterocycles. The molecule has 8 nitrogen and oxygen atoms in total. The van der Waals surface area contributed by atoms with Crippen LogP contribution in [0.4, 0.5) is 10.1 Å². The summed E-state index contributed by atoms with van der Waals surface area (Å²) in [5.74, 6) is -1.75. The third-order valence-corrected chi connectivity index (χ3v) is 4.59. The van der Waals surface area contributed by atoms with E-state index < -0.39 is 43.9 Å². The summed E-state index contributed by atoms with van der Waals surface area (Å²) in [7, 11) is -3.24. The number of nitrogens with zero attached hydrogens (tertiary/aromatic N) is 2. The highest BCUT2D eigenvalue weighted by molar-refractivity contribution is 7.89. The van der Waals surface area contributed by atoms with E-state index >= 15 is 0 Å². The van der Waals surface area contributed by atoms with Crippen molar-refractivity contribution in [2.45, 2.75) is 11.8 Å². The Bertz CT molecular complexity index is 661. The Kier molecular flexibility index (Phi) is 5.33. The highest BCUT2D eigenvalue weighted by atomic mass is 32.2. The van der Waals surface area contributed by atoms with Crippen LogP contribution in [-0.4, -0.2) is 43.8 Å². The van der Waals surface area contributed by atoms with Gasteiger partial charge < -0.3 is 4.74 Å². The number of halogens is 1. The minimum atomic E-state index is -4.32. The van der Waals surface area contributed by atoms with Crippen LogP contribution in [0.25, 0.3) is 0 Å². The van der Waals surface area contributed by atoms with Crippen molar-refractivity contribution in [3.63, 3.8) is 0 Å². The van der Waals surface area contributed by atoms with Crippen molar-refractivity contribution >= 4 is 21.7 Å². The van der Waals surface area contributed by atoms with Gasteiger partial charge in [0.15, 0.2) is 4.90 Å². The molecule has 1 aromatic carbocycles. The van der Waals surface area contributed by atoms with Crippen LogP contribution >= 0.6 is 0 Å². The van der Waals surface area contributed by atoms with Gasteiger partial charge in [0, 0.05) is 6.54 Å². The second kappa shape index (κ2) is 6.59. The molecule has 0 fully saturated rings. The molecule has 1 rings (SSSR count). The summed E-state index contributed by atoms with van der Waals surface area (Å²) in [6.07, 6.45) is 0. The molecule has 0 aliphatic rings. The normalized spacial score (nSPS) is 11.4. The zero-order chi connectivity index (χ0) is 16.2. The minimum absolute atomic E-state index is 0.105. The van der Waals surface area contributed by atoms with E-state index in [0.717, 1.165) is 19.2 Å².